The van der Waals surface area contributed by atoms with E-state index in [1.54, 1.807) is 18.2 Å². The molecule has 0 aliphatic carbocycles. The van der Waals surface area contributed by atoms with Gasteiger partial charge in [-0.3, -0.25) is 4.79 Å². The number of ketones is 1. The van der Waals surface area contributed by atoms with E-state index >= 15 is 0 Å². The van der Waals surface area contributed by atoms with Gasteiger partial charge in [0.1, 0.15) is 5.69 Å². The lowest BCUT2D eigenvalue weighted by atomic mass is 10.1. The Morgan fingerprint density at radius 1 is 1.20 bits per heavy atom. The molecule has 20 heavy (non-hydrogen) atoms. The Morgan fingerprint density at radius 2 is 1.90 bits per heavy atom. The lowest BCUT2D eigenvalue weighted by molar-refractivity contribution is 0.103. The van der Waals surface area contributed by atoms with E-state index < -0.39 is 5.69 Å². The Morgan fingerprint density at radius 3 is 2.50 bits per heavy atom. The molecule has 0 bridgehead atoms. The number of nitrogens with one attached hydrogen (secondary N) is 2. The fourth-order valence-corrected chi connectivity index (χ4v) is 2.26. The van der Waals surface area contributed by atoms with E-state index in [2.05, 4.69) is 25.9 Å². The highest BCUT2D eigenvalue weighted by molar-refractivity contribution is 9.08. The second-order valence-corrected chi connectivity index (χ2v) is 4.53. The maximum absolute atomic E-state index is 12.4. The lowest BCUT2D eigenvalue weighted by Crippen LogP contribution is -2.07. The summed E-state index contributed by atoms with van der Waals surface area (Å²) in [6.07, 6.45) is 0. The summed E-state index contributed by atoms with van der Waals surface area (Å²) in [6, 6.07) is 4.84. The topological polar surface area (TPSA) is 84.2 Å². The van der Waals surface area contributed by atoms with Crippen molar-refractivity contribution >= 4 is 21.7 Å². The standard InChI is InChI=1S/C13H13BrN2O4/c1-19-9-4-3-7(5-10(9)20-2)12(17)11-8(6-14)15-13(18)16-11/h3-5H,6H2,1-2H3,(H2,15,16,18). The number of imidazole rings is 1. The van der Waals surface area contributed by atoms with Gasteiger partial charge in [0.2, 0.25) is 5.78 Å². The van der Waals surface area contributed by atoms with Crippen LogP contribution >= 0.6 is 15.9 Å². The fourth-order valence-electron chi connectivity index (χ4n) is 1.84. The Labute approximate surface area is 123 Å². The summed E-state index contributed by atoms with van der Waals surface area (Å²) in [4.78, 5) is 28.8. The number of alkyl halides is 1. The molecule has 0 radical (unpaired) electrons. The first-order valence-electron chi connectivity index (χ1n) is 5.74. The Hall–Kier alpha value is -2.02. The van der Waals surface area contributed by atoms with Gasteiger partial charge in [0.15, 0.2) is 11.5 Å². The van der Waals surface area contributed by atoms with Crippen molar-refractivity contribution in [2.45, 2.75) is 5.33 Å². The van der Waals surface area contributed by atoms with Gasteiger partial charge in [-0.25, -0.2) is 4.79 Å². The Kier molecular flexibility index (Phi) is 4.29. The quantitative estimate of drug-likeness (QED) is 0.642. The van der Waals surface area contributed by atoms with Gasteiger partial charge >= 0.3 is 5.69 Å². The maximum Gasteiger partial charge on any atom is 0.323 e. The molecule has 1 aromatic heterocycles. The first kappa shape index (κ1) is 14.4. The average Bonchev–Trinajstić information content (AvgIpc) is 2.86. The van der Waals surface area contributed by atoms with Gasteiger partial charge in [-0.15, -0.1) is 0 Å². The molecule has 1 aromatic carbocycles. The second-order valence-electron chi connectivity index (χ2n) is 3.97. The third-order valence-electron chi connectivity index (χ3n) is 2.81. The van der Waals surface area contributed by atoms with E-state index in [1.807, 2.05) is 0 Å². The number of ether oxygens (including phenoxy) is 2. The number of H-pyrrole nitrogens is 2. The number of rotatable bonds is 5. The molecule has 0 unspecified atom stereocenters. The summed E-state index contributed by atoms with van der Waals surface area (Å²) >= 11 is 3.23. The van der Waals surface area contributed by atoms with Gasteiger partial charge in [0.05, 0.1) is 19.9 Å². The maximum atomic E-state index is 12.4. The summed E-state index contributed by atoms with van der Waals surface area (Å²) in [6.45, 7) is 0. The largest absolute Gasteiger partial charge is 0.493 e. The molecule has 6 nitrogen and oxygen atoms in total. The lowest BCUT2D eigenvalue weighted by Gasteiger charge is -2.08. The smallest absolute Gasteiger partial charge is 0.323 e. The molecule has 0 saturated carbocycles. The van der Waals surface area contributed by atoms with Crippen LogP contribution in [0.5, 0.6) is 11.5 Å². The highest BCUT2D eigenvalue weighted by atomic mass is 79.9. The minimum Gasteiger partial charge on any atom is -0.493 e. The molecule has 2 N–H and O–H groups in total. The third-order valence-corrected chi connectivity index (χ3v) is 3.37. The normalized spacial score (nSPS) is 10.3. The van der Waals surface area contributed by atoms with Crippen LogP contribution in [0.4, 0.5) is 0 Å². The zero-order valence-electron chi connectivity index (χ0n) is 11.0. The minimum absolute atomic E-state index is 0.235. The van der Waals surface area contributed by atoms with Crippen LogP contribution in [-0.2, 0) is 5.33 Å². The van der Waals surface area contributed by atoms with Gasteiger partial charge in [-0.2, -0.15) is 0 Å². The zero-order chi connectivity index (χ0) is 14.7. The Balaban J connectivity index is 2.45. The van der Waals surface area contributed by atoms with E-state index in [-0.39, 0.29) is 11.5 Å². The molecule has 0 fully saturated rings. The third kappa shape index (κ3) is 2.62. The molecule has 2 rings (SSSR count). The van der Waals surface area contributed by atoms with Crippen molar-refractivity contribution in [3.8, 4) is 11.5 Å². The van der Waals surface area contributed by atoms with Crippen LogP contribution in [0.15, 0.2) is 23.0 Å². The molecule has 106 valence electrons. The van der Waals surface area contributed by atoms with Crippen LogP contribution < -0.4 is 15.2 Å². The van der Waals surface area contributed by atoms with Gasteiger partial charge in [0.25, 0.3) is 0 Å². The number of hydrogen-bond acceptors (Lipinski definition) is 4. The minimum atomic E-state index is -0.414. The van der Waals surface area contributed by atoms with Crippen molar-refractivity contribution in [3.63, 3.8) is 0 Å². The van der Waals surface area contributed by atoms with Gasteiger partial charge in [-0.1, -0.05) is 15.9 Å². The molecule has 7 heteroatoms. The van der Waals surface area contributed by atoms with Crippen LogP contribution in [0.1, 0.15) is 21.7 Å². The van der Waals surface area contributed by atoms with Crippen molar-refractivity contribution in [2.24, 2.45) is 0 Å². The number of benzene rings is 1. The molecular formula is C13H13BrN2O4. The SMILES string of the molecule is COc1ccc(C(=O)c2[nH]c(=O)[nH]c2CBr)cc1OC. The van der Waals surface area contributed by atoms with E-state index in [0.717, 1.165) is 0 Å². The highest BCUT2D eigenvalue weighted by Gasteiger charge is 2.18. The number of aromatic amines is 2. The summed E-state index contributed by atoms with van der Waals surface area (Å²) in [5.74, 6) is 0.697. The molecule has 0 spiro atoms. The van der Waals surface area contributed by atoms with Crippen LogP contribution in [0.25, 0.3) is 0 Å². The summed E-state index contributed by atoms with van der Waals surface area (Å²) in [5, 5.41) is 0.375. The number of hydrogen-bond donors (Lipinski definition) is 2. The fraction of sp³-hybridized carbons (Fsp3) is 0.231. The summed E-state index contributed by atoms with van der Waals surface area (Å²) in [7, 11) is 3.01. The van der Waals surface area contributed by atoms with E-state index in [0.29, 0.717) is 28.1 Å². The molecule has 0 atom stereocenters. The number of carbonyl (C=O) groups is 1. The predicted molar refractivity (Wildman–Crippen MR) is 77.0 cm³/mol. The van der Waals surface area contributed by atoms with Crippen molar-refractivity contribution in [1.82, 2.24) is 9.97 Å². The number of aromatic nitrogens is 2. The van der Waals surface area contributed by atoms with Gasteiger partial charge in [0, 0.05) is 10.9 Å². The van der Waals surface area contributed by atoms with Crippen molar-refractivity contribution in [1.29, 1.82) is 0 Å². The van der Waals surface area contributed by atoms with Crippen molar-refractivity contribution < 1.29 is 14.3 Å². The van der Waals surface area contributed by atoms with E-state index in [4.69, 9.17) is 9.47 Å². The van der Waals surface area contributed by atoms with Crippen LogP contribution in [0.2, 0.25) is 0 Å². The van der Waals surface area contributed by atoms with E-state index in [9.17, 15) is 9.59 Å². The highest BCUT2D eigenvalue weighted by Crippen LogP contribution is 2.28. The van der Waals surface area contributed by atoms with Crippen LogP contribution in [-0.4, -0.2) is 30.0 Å². The van der Waals surface area contributed by atoms with Crippen LogP contribution in [0, 0.1) is 0 Å². The molecule has 1 heterocycles. The molecule has 0 aliphatic rings. The van der Waals surface area contributed by atoms with Crippen molar-refractivity contribution in [3.05, 3.63) is 45.6 Å². The predicted octanol–water partition coefficient (Wildman–Crippen LogP) is 1.85. The first-order chi connectivity index (χ1) is 9.60. The van der Waals surface area contributed by atoms with Gasteiger partial charge in [-0.05, 0) is 18.2 Å². The number of carbonyl (C=O) groups excluding carboxylic acids is 1. The first-order valence-corrected chi connectivity index (χ1v) is 6.86. The second kappa shape index (κ2) is 5.96. The molecule has 0 aliphatic heterocycles. The summed E-state index contributed by atoms with van der Waals surface area (Å²) in [5.41, 5.74) is 0.734. The molecular weight excluding hydrogens is 328 g/mol. The number of methoxy groups -OCH3 is 2. The molecule has 0 saturated heterocycles. The van der Waals surface area contributed by atoms with Crippen LogP contribution in [0.3, 0.4) is 0 Å². The monoisotopic (exact) mass is 340 g/mol. The van der Waals surface area contributed by atoms with Gasteiger partial charge < -0.3 is 19.4 Å². The summed E-state index contributed by atoms with van der Waals surface area (Å²) < 4.78 is 10.3. The number of halogens is 1. The zero-order valence-corrected chi connectivity index (χ0v) is 12.5. The Bertz CT molecular complexity index is 690. The molecule has 0 amide bonds. The van der Waals surface area contributed by atoms with Crippen molar-refractivity contribution in [2.75, 3.05) is 14.2 Å². The molecule has 2 aromatic rings. The van der Waals surface area contributed by atoms with E-state index in [1.165, 1.54) is 14.2 Å². The average molecular weight is 341 g/mol.